The summed E-state index contributed by atoms with van der Waals surface area (Å²) in [5.74, 6) is 3.24. The van der Waals surface area contributed by atoms with Gasteiger partial charge in [-0.3, -0.25) is 4.99 Å². The maximum atomic E-state index is 5.15. The zero-order valence-corrected chi connectivity index (χ0v) is 50.1. The molecule has 5 aromatic carbocycles. The number of rotatable bonds is 18. The fourth-order valence-corrected chi connectivity index (χ4v) is 11.3. The van der Waals surface area contributed by atoms with Gasteiger partial charge in [0.15, 0.2) is 29.1 Å². The van der Waals surface area contributed by atoms with Crippen LogP contribution in [0.25, 0.3) is 33.9 Å². The highest BCUT2D eigenvalue weighted by Crippen LogP contribution is 2.52. The first kappa shape index (κ1) is 58.8. The summed E-state index contributed by atoms with van der Waals surface area (Å²) in [6.07, 6.45) is 35.8. The third-order valence-electron chi connectivity index (χ3n) is 15.5. The molecule has 0 bridgehead atoms. The number of nitrogens with one attached hydrogen (secondary N) is 1. The highest BCUT2D eigenvalue weighted by Gasteiger charge is 2.40. The van der Waals surface area contributed by atoms with Gasteiger partial charge < -0.3 is 10.2 Å². The minimum absolute atomic E-state index is 0.0184. The van der Waals surface area contributed by atoms with Gasteiger partial charge in [0.05, 0.1) is 12.2 Å². The van der Waals surface area contributed by atoms with Crippen molar-refractivity contribution in [2.24, 2.45) is 20.4 Å². The Balaban J connectivity index is 1.13. The minimum atomic E-state index is -0.368. The van der Waals surface area contributed by atoms with E-state index in [2.05, 4.69) is 248 Å². The Labute approximate surface area is 494 Å². The highest BCUT2D eigenvalue weighted by molar-refractivity contribution is 6.13. The lowest BCUT2D eigenvalue weighted by Crippen LogP contribution is -2.35. The molecule has 2 aliphatic carbocycles. The van der Waals surface area contributed by atoms with Gasteiger partial charge in [-0.15, -0.1) is 0 Å². The summed E-state index contributed by atoms with van der Waals surface area (Å²) in [5.41, 5.74) is 16.1. The van der Waals surface area contributed by atoms with Crippen molar-refractivity contribution in [2.75, 3.05) is 11.4 Å². The van der Waals surface area contributed by atoms with Crippen molar-refractivity contribution in [3.8, 4) is 22.8 Å². The molecule has 0 saturated heterocycles. The average molecular weight is 1090 g/mol. The fraction of sp³-hybridized carbons (Fsp3) is 0.253. The van der Waals surface area contributed by atoms with Gasteiger partial charge in [0.2, 0.25) is 0 Å². The normalized spacial score (nSPS) is 16.4. The Hall–Kier alpha value is -8.88. The highest BCUT2D eigenvalue weighted by atomic mass is 15.2. The molecule has 8 nitrogen and oxygen atoms in total. The standard InChI is InChI=1S/C75H80N8/c1-11-29-61(13-3)77-50-28-39-60(51-65(74(5,6)7)54-44-46-59(47-45-54)73-81-71(57-35-23-17-24-36-57)80-72(82-73)58-37-25-18-26-38-58)63-40-27-41-67-68(63)75(8,9)64(30-12-2)66(14-4)83(67)62-48-42-53(43-49-62)52-78-70(56-33-21-16-22-34-56)79-69(76-10)55-31-19-15-20-32-55/h11-13,15,17,19-21,23-25,27-49,51,65,77H,10,14,16,18,22,26,50,52H2,1-9H3/b29-11-,30-12-,39-28-,60-51?,61-13+,78-70?,79-69?. The van der Waals surface area contributed by atoms with Crippen molar-refractivity contribution in [3.05, 3.63) is 269 Å². The molecular formula is C75H80N8. The predicted molar refractivity (Wildman–Crippen MR) is 353 cm³/mol. The Morgan fingerprint density at radius 2 is 1.40 bits per heavy atom. The van der Waals surface area contributed by atoms with Crippen LogP contribution in [-0.2, 0) is 12.0 Å². The van der Waals surface area contributed by atoms with Crippen molar-refractivity contribution in [1.29, 1.82) is 0 Å². The van der Waals surface area contributed by atoms with Crippen LogP contribution in [0, 0.1) is 5.41 Å². The molecule has 420 valence electrons. The average Bonchev–Trinajstić information content (AvgIpc) is 1.78. The Kier molecular flexibility index (Phi) is 19.3. The fourth-order valence-electron chi connectivity index (χ4n) is 11.3. The van der Waals surface area contributed by atoms with Crippen LogP contribution < -0.4 is 10.2 Å². The van der Waals surface area contributed by atoms with Crippen LogP contribution in [0.2, 0.25) is 0 Å². The van der Waals surface area contributed by atoms with Crippen LogP contribution in [-0.4, -0.2) is 39.9 Å². The zero-order valence-electron chi connectivity index (χ0n) is 50.1. The van der Waals surface area contributed by atoms with Gasteiger partial charge in [0.25, 0.3) is 0 Å². The molecule has 2 heterocycles. The van der Waals surface area contributed by atoms with E-state index in [1.807, 2.05) is 48.5 Å². The number of aromatic nitrogens is 3. The molecule has 0 spiro atoms. The van der Waals surface area contributed by atoms with Gasteiger partial charge >= 0.3 is 0 Å². The first-order valence-electron chi connectivity index (χ1n) is 29.5. The summed E-state index contributed by atoms with van der Waals surface area (Å²) in [6, 6.07) is 44.9. The SMILES string of the molecule is C=NC(=NC(=NCc1ccc(N2C(CC)=C(/C=C\C)C(C)(C)c3c(C(=CC(c4ccc(-c5nc(C6=CCCC=C6)nc(-c6ccccc6)n5)cc4)C(C)(C)C)/C=C\CNC(/C=C\C)=C/C)cccc32)cc1)C1=CCCC=C1)c1ccccc1. The number of allylic oxidation sites excluding steroid dienone is 16. The van der Waals surface area contributed by atoms with Crippen molar-refractivity contribution in [1.82, 2.24) is 20.3 Å². The summed E-state index contributed by atoms with van der Waals surface area (Å²) < 4.78 is 0. The minimum Gasteiger partial charge on any atom is -0.382 e. The van der Waals surface area contributed by atoms with Gasteiger partial charge in [-0.25, -0.2) is 24.9 Å². The van der Waals surface area contributed by atoms with Gasteiger partial charge in [-0.1, -0.05) is 230 Å². The lowest BCUT2D eigenvalue weighted by atomic mass is 9.69. The number of aliphatic imine (C=N–C) groups is 3. The van der Waals surface area contributed by atoms with Crippen LogP contribution in [0.15, 0.2) is 250 Å². The lowest BCUT2D eigenvalue weighted by Gasteiger charge is -2.44. The number of anilines is 2. The summed E-state index contributed by atoms with van der Waals surface area (Å²) in [5, 5.41) is 3.64. The molecule has 1 aliphatic heterocycles. The molecule has 0 amide bonds. The molecule has 3 aliphatic rings. The zero-order chi connectivity index (χ0) is 58.3. The van der Waals surface area contributed by atoms with Gasteiger partial charge in [0, 0.05) is 62.8 Å². The molecule has 0 saturated carbocycles. The number of nitrogens with zero attached hydrogens (tertiary/aromatic N) is 7. The van der Waals surface area contributed by atoms with Gasteiger partial charge in [0.1, 0.15) is 0 Å². The second-order valence-corrected chi connectivity index (χ2v) is 22.7. The van der Waals surface area contributed by atoms with E-state index in [9.17, 15) is 0 Å². The second kappa shape index (κ2) is 27.3. The summed E-state index contributed by atoms with van der Waals surface area (Å²) >= 11 is 0. The molecule has 83 heavy (non-hydrogen) atoms. The summed E-state index contributed by atoms with van der Waals surface area (Å²) in [4.78, 5) is 32.1. The van der Waals surface area contributed by atoms with Crippen LogP contribution in [0.3, 0.4) is 0 Å². The molecule has 9 rings (SSSR count). The predicted octanol–water partition coefficient (Wildman–Crippen LogP) is 18.8. The topological polar surface area (TPSA) is 91.0 Å². The number of fused-ring (bicyclic) bond motifs is 1. The molecule has 8 heteroatoms. The number of hydrogen-bond donors (Lipinski definition) is 1. The number of benzene rings is 5. The molecule has 0 radical (unpaired) electrons. The maximum Gasteiger partial charge on any atom is 0.164 e. The van der Waals surface area contributed by atoms with Crippen molar-refractivity contribution >= 4 is 40.9 Å². The number of hydrogen-bond acceptors (Lipinski definition) is 6. The Morgan fingerprint density at radius 1 is 0.723 bits per heavy atom. The third kappa shape index (κ3) is 13.9. The van der Waals surface area contributed by atoms with E-state index < -0.39 is 0 Å². The molecule has 0 fully saturated rings. The van der Waals surface area contributed by atoms with Crippen LogP contribution >= 0.6 is 0 Å². The van der Waals surface area contributed by atoms with E-state index in [0.717, 1.165) is 82.5 Å². The van der Waals surface area contributed by atoms with E-state index in [0.29, 0.717) is 42.2 Å². The van der Waals surface area contributed by atoms with E-state index >= 15 is 0 Å². The quantitative estimate of drug-likeness (QED) is 0.0526. The van der Waals surface area contributed by atoms with Crippen molar-refractivity contribution in [3.63, 3.8) is 0 Å². The molecule has 1 unspecified atom stereocenters. The van der Waals surface area contributed by atoms with Crippen LogP contribution in [0.1, 0.15) is 134 Å². The monoisotopic (exact) mass is 1090 g/mol. The van der Waals surface area contributed by atoms with E-state index in [4.69, 9.17) is 24.9 Å². The van der Waals surface area contributed by atoms with Crippen molar-refractivity contribution < 1.29 is 0 Å². The first-order chi connectivity index (χ1) is 40.3. The van der Waals surface area contributed by atoms with Crippen LogP contribution in [0.5, 0.6) is 0 Å². The van der Waals surface area contributed by atoms with E-state index in [-0.39, 0.29) is 16.7 Å². The summed E-state index contributed by atoms with van der Waals surface area (Å²) in [6.45, 7) is 25.3. The Morgan fingerprint density at radius 3 is 2.01 bits per heavy atom. The van der Waals surface area contributed by atoms with Gasteiger partial charge in [-0.05, 0) is 123 Å². The largest absolute Gasteiger partial charge is 0.382 e. The molecule has 1 N–H and O–H groups in total. The smallest absolute Gasteiger partial charge is 0.164 e. The second-order valence-electron chi connectivity index (χ2n) is 22.7. The molecular weight excluding hydrogens is 1010 g/mol. The first-order valence-corrected chi connectivity index (χ1v) is 29.5. The van der Waals surface area contributed by atoms with E-state index in [1.54, 1.807) is 0 Å². The van der Waals surface area contributed by atoms with Gasteiger partial charge in [-0.2, -0.15) is 0 Å². The summed E-state index contributed by atoms with van der Waals surface area (Å²) in [7, 11) is 0. The molecule has 1 atom stereocenters. The molecule has 6 aromatic rings. The van der Waals surface area contributed by atoms with E-state index in [1.165, 1.54) is 33.6 Å². The van der Waals surface area contributed by atoms with Crippen LogP contribution in [0.4, 0.5) is 11.4 Å². The number of amidine groups is 2. The third-order valence-corrected chi connectivity index (χ3v) is 15.5. The lowest BCUT2D eigenvalue weighted by molar-refractivity contribution is 0.367. The van der Waals surface area contributed by atoms with Crippen molar-refractivity contribution in [2.45, 2.75) is 112 Å². The molecule has 1 aromatic heterocycles. The maximum absolute atomic E-state index is 5.15. The Bertz CT molecular complexity index is 3660.